The van der Waals surface area contributed by atoms with E-state index < -0.39 is 0 Å². The molecular weight excluding hydrogens is 186 g/mol. The van der Waals surface area contributed by atoms with E-state index in [1.807, 2.05) is 0 Å². The minimum atomic E-state index is 0.290. The molecule has 15 heavy (non-hydrogen) atoms. The summed E-state index contributed by atoms with van der Waals surface area (Å²) in [5.41, 5.74) is 14.1. The van der Waals surface area contributed by atoms with E-state index in [2.05, 4.69) is 29.6 Å². The molecular formula is C12H19N3. The molecule has 0 radical (unpaired) electrons. The van der Waals surface area contributed by atoms with Crippen LogP contribution in [0.5, 0.6) is 0 Å². The van der Waals surface area contributed by atoms with Crippen molar-refractivity contribution in [1.29, 1.82) is 0 Å². The lowest BCUT2D eigenvalue weighted by Gasteiger charge is -2.28. The van der Waals surface area contributed by atoms with Crippen LogP contribution in [0.3, 0.4) is 0 Å². The second-order valence-electron chi connectivity index (χ2n) is 4.30. The van der Waals surface area contributed by atoms with Crippen LogP contribution in [0.4, 0.5) is 0 Å². The van der Waals surface area contributed by atoms with E-state index in [9.17, 15) is 0 Å². The molecule has 1 aromatic carbocycles. The summed E-state index contributed by atoms with van der Waals surface area (Å²) in [5, 5.41) is 3.36. The highest BCUT2D eigenvalue weighted by molar-refractivity contribution is 5.26. The lowest BCUT2D eigenvalue weighted by atomic mass is 9.89. The van der Waals surface area contributed by atoms with E-state index in [1.54, 1.807) is 0 Å². The van der Waals surface area contributed by atoms with Gasteiger partial charge in [-0.1, -0.05) is 24.3 Å². The first-order valence-corrected chi connectivity index (χ1v) is 5.55. The Morgan fingerprint density at radius 2 is 1.93 bits per heavy atom. The maximum atomic E-state index is 5.94. The molecule has 1 saturated heterocycles. The van der Waals surface area contributed by atoms with E-state index in [4.69, 9.17) is 11.5 Å². The molecule has 3 heteroatoms. The number of hydrogen-bond acceptors (Lipinski definition) is 3. The van der Waals surface area contributed by atoms with Gasteiger partial charge in [0.25, 0.3) is 0 Å². The molecule has 1 aliphatic heterocycles. The van der Waals surface area contributed by atoms with Crippen molar-refractivity contribution in [2.24, 2.45) is 11.5 Å². The van der Waals surface area contributed by atoms with Gasteiger partial charge in [-0.25, -0.2) is 0 Å². The van der Waals surface area contributed by atoms with E-state index in [1.165, 1.54) is 11.1 Å². The van der Waals surface area contributed by atoms with Gasteiger partial charge in [-0.05, 0) is 23.5 Å². The summed E-state index contributed by atoms with van der Waals surface area (Å²) in [7, 11) is 0. The van der Waals surface area contributed by atoms with Crippen molar-refractivity contribution in [2.75, 3.05) is 13.1 Å². The van der Waals surface area contributed by atoms with Crippen LogP contribution in [0.25, 0.3) is 0 Å². The van der Waals surface area contributed by atoms with Gasteiger partial charge >= 0.3 is 0 Å². The normalized spacial score (nSPS) is 26.5. The third-order valence-electron chi connectivity index (χ3n) is 3.07. The Morgan fingerprint density at radius 3 is 2.53 bits per heavy atom. The molecule has 3 nitrogen and oxygen atoms in total. The molecule has 2 rings (SSSR count). The first-order chi connectivity index (χ1) is 7.29. The van der Waals surface area contributed by atoms with Gasteiger partial charge in [0.15, 0.2) is 0 Å². The average molecular weight is 205 g/mol. The third-order valence-corrected chi connectivity index (χ3v) is 3.07. The number of benzene rings is 1. The zero-order valence-electron chi connectivity index (χ0n) is 8.95. The average Bonchev–Trinajstić information content (AvgIpc) is 2.29. The van der Waals surface area contributed by atoms with Crippen LogP contribution in [-0.4, -0.2) is 19.1 Å². The van der Waals surface area contributed by atoms with Crippen LogP contribution >= 0.6 is 0 Å². The van der Waals surface area contributed by atoms with Crippen molar-refractivity contribution in [3.8, 4) is 0 Å². The molecule has 5 N–H and O–H groups in total. The molecule has 1 fully saturated rings. The van der Waals surface area contributed by atoms with Crippen molar-refractivity contribution in [1.82, 2.24) is 5.32 Å². The lowest BCUT2D eigenvalue weighted by Crippen LogP contribution is -2.43. The summed E-state index contributed by atoms with van der Waals surface area (Å²) in [5.74, 6) is 0.556. The summed E-state index contributed by atoms with van der Waals surface area (Å²) in [6.07, 6.45) is 1.08. The summed E-state index contributed by atoms with van der Waals surface area (Å²) < 4.78 is 0. The minimum Gasteiger partial charge on any atom is -0.327 e. The quantitative estimate of drug-likeness (QED) is 0.660. The molecule has 82 valence electrons. The van der Waals surface area contributed by atoms with Gasteiger partial charge in [0.1, 0.15) is 0 Å². The first-order valence-electron chi connectivity index (χ1n) is 5.55. The van der Waals surface area contributed by atoms with Gasteiger partial charge in [0, 0.05) is 25.7 Å². The molecule has 2 atom stereocenters. The van der Waals surface area contributed by atoms with Crippen LogP contribution in [0.1, 0.15) is 23.5 Å². The largest absolute Gasteiger partial charge is 0.327 e. The standard InChI is InChI=1S/C12H19N3/c13-6-9-1-3-10(4-2-9)11-5-12(14)8-15-7-11/h1-4,11-12,15H,5-8,13-14H2. The summed E-state index contributed by atoms with van der Waals surface area (Å²) >= 11 is 0. The van der Waals surface area contributed by atoms with Crippen molar-refractivity contribution in [2.45, 2.75) is 24.9 Å². The fourth-order valence-corrected chi connectivity index (χ4v) is 2.15. The van der Waals surface area contributed by atoms with Gasteiger partial charge in [-0.3, -0.25) is 0 Å². The van der Waals surface area contributed by atoms with Crippen LogP contribution in [0.2, 0.25) is 0 Å². The van der Waals surface area contributed by atoms with Crippen molar-refractivity contribution in [3.63, 3.8) is 0 Å². The smallest absolute Gasteiger partial charge is 0.0178 e. The van der Waals surface area contributed by atoms with E-state index in [0.29, 0.717) is 12.5 Å². The van der Waals surface area contributed by atoms with E-state index >= 15 is 0 Å². The number of nitrogens with one attached hydrogen (secondary N) is 1. The predicted octanol–water partition coefficient (Wildman–Crippen LogP) is 0.550. The van der Waals surface area contributed by atoms with Crippen LogP contribution in [-0.2, 0) is 6.54 Å². The SMILES string of the molecule is NCc1ccc(C2CNCC(N)C2)cc1. The zero-order chi connectivity index (χ0) is 10.7. The first kappa shape index (κ1) is 10.6. The van der Waals surface area contributed by atoms with Gasteiger partial charge in [-0.2, -0.15) is 0 Å². The van der Waals surface area contributed by atoms with Crippen molar-refractivity contribution in [3.05, 3.63) is 35.4 Å². The lowest BCUT2D eigenvalue weighted by molar-refractivity contribution is 0.412. The minimum absolute atomic E-state index is 0.290. The molecule has 1 heterocycles. The Hall–Kier alpha value is -0.900. The maximum absolute atomic E-state index is 5.94. The van der Waals surface area contributed by atoms with Gasteiger partial charge in [0.05, 0.1) is 0 Å². The topological polar surface area (TPSA) is 64.1 Å². The fraction of sp³-hybridized carbons (Fsp3) is 0.500. The predicted molar refractivity (Wildman–Crippen MR) is 62.5 cm³/mol. The molecule has 0 spiro atoms. The Labute approximate surface area is 90.8 Å². The van der Waals surface area contributed by atoms with Crippen LogP contribution in [0, 0.1) is 0 Å². The molecule has 0 aromatic heterocycles. The molecule has 0 bridgehead atoms. The molecule has 0 amide bonds. The number of rotatable bonds is 2. The van der Waals surface area contributed by atoms with E-state index in [0.717, 1.165) is 19.5 Å². The highest BCUT2D eigenvalue weighted by Crippen LogP contribution is 2.22. The molecule has 1 aromatic rings. The van der Waals surface area contributed by atoms with E-state index in [-0.39, 0.29) is 6.04 Å². The Balaban J connectivity index is 2.07. The van der Waals surface area contributed by atoms with Gasteiger partial charge in [0.2, 0.25) is 0 Å². The summed E-state index contributed by atoms with van der Waals surface area (Å²) in [6, 6.07) is 8.85. The Bertz CT molecular complexity index is 307. The van der Waals surface area contributed by atoms with Gasteiger partial charge < -0.3 is 16.8 Å². The molecule has 1 aliphatic rings. The fourth-order valence-electron chi connectivity index (χ4n) is 2.15. The zero-order valence-corrected chi connectivity index (χ0v) is 8.95. The van der Waals surface area contributed by atoms with Crippen LogP contribution < -0.4 is 16.8 Å². The van der Waals surface area contributed by atoms with Crippen molar-refractivity contribution >= 4 is 0 Å². The third kappa shape index (κ3) is 2.56. The second kappa shape index (κ2) is 4.75. The monoisotopic (exact) mass is 205 g/mol. The highest BCUT2D eigenvalue weighted by atomic mass is 14.9. The van der Waals surface area contributed by atoms with Crippen molar-refractivity contribution < 1.29 is 0 Å². The Kier molecular flexibility index (Phi) is 3.36. The summed E-state index contributed by atoms with van der Waals surface area (Å²) in [6.45, 7) is 2.59. The number of nitrogens with two attached hydrogens (primary N) is 2. The molecule has 0 aliphatic carbocycles. The Morgan fingerprint density at radius 1 is 1.20 bits per heavy atom. The molecule has 2 unspecified atom stereocenters. The number of hydrogen-bond donors (Lipinski definition) is 3. The maximum Gasteiger partial charge on any atom is 0.0178 e. The summed E-state index contributed by atoms with van der Waals surface area (Å²) in [4.78, 5) is 0. The van der Waals surface area contributed by atoms with Crippen LogP contribution in [0.15, 0.2) is 24.3 Å². The second-order valence-corrected chi connectivity index (χ2v) is 4.30. The number of piperidine rings is 1. The highest BCUT2D eigenvalue weighted by Gasteiger charge is 2.19. The van der Waals surface area contributed by atoms with Gasteiger partial charge in [-0.15, -0.1) is 0 Å². The molecule has 0 saturated carbocycles.